The second kappa shape index (κ2) is 8.48. The Bertz CT molecular complexity index is 1260. The molecule has 3 heterocycles. The summed E-state index contributed by atoms with van der Waals surface area (Å²) >= 11 is 0. The van der Waals surface area contributed by atoms with Gasteiger partial charge in [-0.1, -0.05) is 12.5 Å². The number of sulfonamides is 1. The Hall–Kier alpha value is -3.04. The van der Waals surface area contributed by atoms with Crippen LogP contribution in [0.5, 0.6) is 11.5 Å². The van der Waals surface area contributed by atoms with Gasteiger partial charge in [-0.15, -0.1) is 0 Å². The Morgan fingerprint density at radius 2 is 1.78 bits per heavy atom. The second-order valence-corrected chi connectivity index (χ2v) is 10.0. The first-order valence-electron chi connectivity index (χ1n) is 10.7. The van der Waals surface area contributed by atoms with Gasteiger partial charge in [0.1, 0.15) is 6.54 Å². The third-order valence-corrected chi connectivity index (χ3v) is 7.83. The molecule has 5 rings (SSSR count). The molecule has 0 unspecified atom stereocenters. The van der Waals surface area contributed by atoms with E-state index in [0.29, 0.717) is 36.0 Å². The molecule has 0 aliphatic carbocycles. The van der Waals surface area contributed by atoms with Crippen molar-refractivity contribution in [2.24, 2.45) is 0 Å². The molecule has 1 N–H and O–H groups in total. The maximum atomic E-state index is 12.9. The zero-order chi connectivity index (χ0) is 22.1. The molecule has 1 amide bonds. The standard InChI is InChI=1S/C23H25N3O5S/c27-23(24-14-17-4-7-21-22(12-17)31-16-30-21)15-25-11-8-18-13-19(5-6-20(18)25)32(28,29)26-9-2-1-3-10-26/h4-8,11-13H,1-3,9-10,14-16H2,(H,24,27). The van der Waals surface area contributed by atoms with E-state index in [-0.39, 0.29) is 19.2 Å². The van der Waals surface area contributed by atoms with Crippen LogP contribution in [0.25, 0.3) is 10.9 Å². The Labute approximate surface area is 186 Å². The summed E-state index contributed by atoms with van der Waals surface area (Å²) in [6, 6.07) is 12.5. The van der Waals surface area contributed by atoms with Crippen LogP contribution in [0.4, 0.5) is 0 Å². The van der Waals surface area contributed by atoms with E-state index in [4.69, 9.17) is 9.47 Å². The Morgan fingerprint density at radius 3 is 2.62 bits per heavy atom. The number of piperidine rings is 1. The fourth-order valence-corrected chi connectivity index (χ4v) is 5.75. The number of fused-ring (bicyclic) bond motifs is 2. The van der Waals surface area contributed by atoms with Crippen LogP contribution in [0, 0.1) is 0 Å². The number of nitrogens with zero attached hydrogens (tertiary/aromatic N) is 2. The SMILES string of the molecule is O=C(Cn1ccc2cc(S(=O)(=O)N3CCCCC3)ccc21)NCc1ccc2c(c1)OCO2. The number of rotatable bonds is 6. The van der Waals surface area contributed by atoms with Gasteiger partial charge in [0.05, 0.1) is 4.90 Å². The van der Waals surface area contributed by atoms with Crippen LogP contribution in [-0.2, 0) is 27.9 Å². The summed E-state index contributed by atoms with van der Waals surface area (Å²) in [5.41, 5.74) is 1.74. The van der Waals surface area contributed by atoms with Crippen LogP contribution in [0.2, 0.25) is 0 Å². The highest BCUT2D eigenvalue weighted by Crippen LogP contribution is 2.32. The van der Waals surface area contributed by atoms with E-state index in [1.54, 1.807) is 22.5 Å². The highest BCUT2D eigenvalue weighted by Gasteiger charge is 2.26. The maximum absolute atomic E-state index is 12.9. The van der Waals surface area contributed by atoms with E-state index in [0.717, 1.165) is 35.7 Å². The van der Waals surface area contributed by atoms with Gasteiger partial charge in [0, 0.05) is 36.7 Å². The summed E-state index contributed by atoms with van der Waals surface area (Å²) in [6.45, 7) is 1.89. The van der Waals surface area contributed by atoms with Crippen LogP contribution >= 0.6 is 0 Å². The molecule has 0 spiro atoms. The molecule has 0 saturated carbocycles. The number of amides is 1. The second-order valence-electron chi connectivity index (χ2n) is 8.09. The van der Waals surface area contributed by atoms with Crippen molar-refractivity contribution in [3.63, 3.8) is 0 Å². The normalized spacial score (nSPS) is 16.4. The lowest BCUT2D eigenvalue weighted by molar-refractivity contribution is -0.121. The monoisotopic (exact) mass is 455 g/mol. The predicted molar refractivity (Wildman–Crippen MR) is 119 cm³/mol. The van der Waals surface area contributed by atoms with E-state index in [9.17, 15) is 13.2 Å². The molecule has 32 heavy (non-hydrogen) atoms. The lowest BCUT2D eigenvalue weighted by atomic mass is 10.2. The van der Waals surface area contributed by atoms with Crippen LogP contribution in [0.15, 0.2) is 53.6 Å². The summed E-state index contributed by atoms with van der Waals surface area (Å²) in [7, 11) is -3.49. The largest absolute Gasteiger partial charge is 0.454 e. The highest BCUT2D eigenvalue weighted by atomic mass is 32.2. The molecule has 0 radical (unpaired) electrons. The average Bonchev–Trinajstić information content (AvgIpc) is 3.44. The van der Waals surface area contributed by atoms with Crippen molar-refractivity contribution in [1.29, 1.82) is 0 Å². The number of benzene rings is 2. The van der Waals surface area contributed by atoms with E-state index in [2.05, 4.69) is 5.32 Å². The molecule has 2 aromatic carbocycles. The van der Waals surface area contributed by atoms with E-state index in [1.807, 2.05) is 35.0 Å². The quantitative estimate of drug-likeness (QED) is 0.617. The lowest BCUT2D eigenvalue weighted by Crippen LogP contribution is -2.35. The van der Waals surface area contributed by atoms with E-state index < -0.39 is 10.0 Å². The van der Waals surface area contributed by atoms with Crippen molar-refractivity contribution in [3.05, 3.63) is 54.2 Å². The molecule has 1 fully saturated rings. The number of carbonyl (C=O) groups is 1. The number of nitrogens with one attached hydrogen (secondary N) is 1. The first-order valence-corrected chi connectivity index (χ1v) is 12.2. The molecule has 168 valence electrons. The van der Waals surface area contributed by atoms with Gasteiger partial charge in [-0.05, 0) is 54.8 Å². The van der Waals surface area contributed by atoms with Gasteiger partial charge in [0.15, 0.2) is 11.5 Å². The molecule has 9 heteroatoms. The van der Waals surface area contributed by atoms with Crippen LogP contribution in [0.1, 0.15) is 24.8 Å². The topological polar surface area (TPSA) is 89.9 Å². The Balaban J connectivity index is 1.26. The summed E-state index contributed by atoms with van der Waals surface area (Å²) in [4.78, 5) is 12.8. The molecular weight excluding hydrogens is 430 g/mol. The summed E-state index contributed by atoms with van der Waals surface area (Å²) in [5.74, 6) is 1.26. The van der Waals surface area contributed by atoms with Crippen molar-refractivity contribution in [2.45, 2.75) is 37.2 Å². The van der Waals surface area contributed by atoms with Gasteiger partial charge in [-0.3, -0.25) is 4.79 Å². The minimum Gasteiger partial charge on any atom is -0.454 e. The minimum absolute atomic E-state index is 0.134. The average molecular weight is 456 g/mol. The summed E-state index contributed by atoms with van der Waals surface area (Å²) in [5, 5.41) is 3.71. The van der Waals surface area contributed by atoms with Crippen molar-refractivity contribution in [2.75, 3.05) is 19.9 Å². The molecule has 2 aliphatic rings. The number of carbonyl (C=O) groups excluding carboxylic acids is 1. The van der Waals surface area contributed by atoms with Crippen LogP contribution in [-0.4, -0.2) is 43.1 Å². The van der Waals surface area contributed by atoms with Crippen molar-refractivity contribution >= 4 is 26.8 Å². The van der Waals surface area contributed by atoms with Gasteiger partial charge in [0.2, 0.25) is 22.7 Å². The fraction of sp³-hybridized carbons (Fsp3) is 0.348. The molecule has 0 bridgehead atoms. The zero-order valence-electron chi connectivity index (χ0n) is 17.6. The predicted octanol–water partition coefficient (Wildman–Crippen LogP) is 2.86. The van der Waals surface area contributed by atoms with Crippen molar-refractivity contribution in [3.8, 4) is 11.5 Å². The third kappa shape index (κ3) is 4.05. The number of ether oxygens (including phenoxy) is 2. The molecule has 3 aromatic rings. The van der Waals surface area contributed by atoms with Gasteiger partial charge in [0.25, 0.3) is 0 Å². The van der Waals surface area contributed by atoms with Gasteiger partial charge >= 0.3 is 0 Å². The minimum atomic E-state index is -3.49. The first kappa shape index (κ1) is 20.8. The molecular formula is C23H25N3O5S. The summed E-state index contributed by atoms with van der Waals surface area (Å²) < 4.78 is 39.9. The highest BCUT2D eigenvalue weighted by molar-refractivity contribution is 7.89. The Kier molecular flexibility index (Phi) is 5.52. The van der Waals surface area contributed by atoms with Crippen molar-refractivity contribution < 1.29 is 22.7 Å². The Morgan fingerprint density at radius 1 is 0.969 bits per heavy atom. The summed E-state index contributed by atoms with van der Waals surface area (Å²) in [6.07, 6.45) is 4.69. The zero-order valence-corrected chi connectivity index (χ0v) is 18.4. The van der Waals surface area contributed by atoms with Gasteiger partial charge < -0.3 is 19.4 Å². The number of aromatic nitrogens is 1. The molecule has 8 nitrogen and oxygen atoms in total. The molecule has 1 saturated heterocycles. The number of hydrogen-bond donors (Lipinski definition) is 1. The van der Waals surface area contributed by atoms with Gasteiger partial charge in [-0.25, -0.2) is 8.42 Å². The van der Waals surface area contributed by atoms with Crippen LogP contribution < -0.4 is 14.8 Å². The molecule has 2 aliphatic heterocycles. The van der Waals surface area contributed by atoms with Crippen LogP contribution in [0.3, 0.4) is 0 Å². The smallest absolute Gasteiger partial charge is 0.243 e. The van der Waals surface area contributed by atoms with E-state index in [1.165, 1.54) is 0 Å². The lowest BCUT2D eigenvalue weighted by Gasteiger charge is -2.25. The van der Waals surface area contributed by atoms with E-state index >= 15 is 0 Å². The first-order chi connectivity index (χ1) is 15.5. The molecule has 1 aromatic heterocycles. The number of hydrogen-bond acceptors (Lipinski definition) is 5. The molecule has 0 atom stereocenters. The van der Waals surface area contributed by atoms with Crippen molar-refractivity contribution in [1.82, 2.24) is 14.2 Å². The fourth-order valence-electron chi connectivity index (χ4n) is 4.19. The van der Waals surface area contributed by atoms with Gasteiger partial charge in [-0.2, -0.15) is 4.31 Å². The third-order valence-electron chi connectivity index (χ3n) is 5.94. The maximum Gasteiger partial charge on any atom is 0.243 e.